The summed E-state index contributed by atoms with van der Waals surface area (Å²) in [5, 5.41) is 15.5. The molecule has 0 aromatic heterocycles. The van der Waals surface area contributed by atoms with Crippen LogP contribution in [0.5, 0.6) is 0 Å². The quantitative estimate of drug-likeness (QED) is 0.0894. The summed E-state index contributed by atoms with van der Waals surface area (Å²) < 4.78 is 0. The summed E-state index contributed by atoms with van der Waals surface area (Å²) in [7, 11) is 0. The van der Waals surface area contributed by atoms with Gasteiger partial charge in [-0.3, -0.25) is 0 Å². The molecule has 4 heteroatoms. The molecular formula is C130H132N4. The predicted octanol–water partition coefficient (Wildman–Crippen LogP) is 38.5. The second-order valence-electron chi connectivity index (χ2n) is 44.6. The summed E-state index contributed by atoms with van der Waals surface area (Å²) in [6.07, 6.45) is 0. The molecule has 0 atom stereocenters. The van der Waals surface area contributed by atoms with E-state index in [-0.39, 0.29) is 32.5 Å². The highest BCUT2D eigenvalue weighted by Gasteiger charge is 2.43. The number of nitrogens with zero attached hydrogens (tertiary/aromatic N) is 4. The zero-order valence-electron chi connectivity index (χ0n) is 83.4. The van der Waals surface area contributed by atoms with E-state index < -0.39 is 0 Å². The van der Waals surface area contributed by atoms with Crippen molar-refractivity contribution in [1.29, 1.82) is 0 Å². The van der Waals surface area contributed by atoms with Gasteiger partial charge < -0.3 is 19.6 Å². The fraction of sp³-hybridized carbons (Fsp3) is 0.262. The number of anilines is 12. The van der Waals surface area contributed by atoms with Gasteiger partial charge in [0.15, 0.2) is 0 Å². The van der Waals surface area contributed by atoms with Gasteiger partial charge in [-0.15, -0.1) is 0 Å². The predicted molar refractivity (Wildman–Crippen MR) is 583 cm³/mol. The molecule has 0 heterocycles. The number of hydrogen-bond donors (Lipinski definition) is 0. The van der Waals surface area contributed by atoms with Crippen molar-refractivity contribution in [3.63, 3.8) is 0 Å². The fourth-order valence-corrected chi connectivity index (χ4v) is 21.7. The average molecular weight is 1750 g/mol. The summed E-state index contributed by atoms with van der Waals surface area (Å²) in [5.74, 6) is 1.89. The monoisotopic (exact) mass is 1750 g/mol. The third-order valence-corrected chi connectivity index (χ3v) is 29.3. The molecule has 0 saturated carbocycles. The normalized spacial score (nSPS) is 13.5. The number of fused-ring (bicyclic) bond motifs is 20. The molecule has 20 rings (SSSR count). The molecule has 0 saturated heterocycles. The minimum Gasteiger partial charge on any atom is -0.310 e. The maximum absolute atomic E-state index is 2.45. The summed E-state index contributed by atoms with van der Waals surface area (Å²) in [4.78, 5) is 9.71. The van der Waals surface area contributed by atoms with E-state index in [1.165, 1.54) is 154 Å². The molecule has 0 fully saturated rings. The molecule has 134 heavy (non-hydrogen) atoms. The number of rotatable bonds is 16. The Morgan fingerprint density at radius 3 is 0.627 bits per heavy atom. The van der Waals surface area contributed by atoms with Gasteiger partial charge in [0.25, 0.3) is 0 Å². The molecule has 0 spiro atoms. The molecular weight excluding hydrogens is 1620 g/mol. The first-order valence-corrected chi connectivity index (χ1v) is 49.0. The first-order chi connectivity index (χ1) is 63.8. The van der Waals surface area contributed by atoms with Crippen molar-refractivity contribution in [1.82, 2.24) is 0 Å². The maximum atomic E-state index is 2.45. The van der Waals surface area contributed by atoms with Crippen LogP contribution in [0.25, 0.3) is 86.9 Å². The van der Waals surface area contributed by atoms with Crippen LogP contribution in [0.3, 0.4) is 0 Å². The van der Waals surface area contributed by atoms with Crippen LogP contribution < -0.4 is 19.6 Å². The van der Waals surface area contributed by atoms with Gasteiger partial charge in [-0.05, 0) is 345 Å². The van der Waals surface area contributed by atoms with Gasteiger partial charge in [0.05, 0.1) is 0 Å². The SMILES string of the molecule is CC(C)(C)c1ccc(N(c2ccc(C(C)(C)C)cc2)c2ccc3c4c(ccc3c2)-c2c(c3ccc(N(c5ccc(C(C)(C)C)cc5)c5ccc(C(C)(C)C)cc5)cc3c3ccccc23)C4(C)C)cc1.CC(C)c1ccc(N(c2ccc(C(C)C)cc2)c2ccc3c4c(ccc3c2)-c2c(c3ccc(N(c5ccc(C(C)C)cc5)c5ccc(C(C)C)cc5)cc3c3ccccc23)C4(C)C)cc1. The molecule has 0 aliphatic heterocycles. The Bertz CT molecular complexity index is 7280. The second kappa shape index (κ2) is 34.0. The van der Waals surface area contributed by atoms with Gasteiger partial charge in [-0.25, -0.2) is 0 Å². The summed E-state index contributed by atoms with van der Waals surface area (Å²) in [6, 6.07) is 130. The van der Waals surface area contributed by atoms with Crippen LogP contribution in [0.15, 0.2) is 340 Å². The van der Waals surface area contributed by atoms with E-state index >= 15 is 0 Å². The van der Waals surface area contributed by atoms with Gasteiger partial charge in [0, 0.05) is 79.1 Å². The average Bonchev–Trinajstić information content (AvgIpc) is 1.53. The molecule has 18 aromatic rings. The second-order valence-corrected chi connectivity index (χ2v) is 44.6. The smallest absolute Gasteiger partial charge is 0.0468 e. The van der Waals surface area contributed by atoms with E-state index in [1.807, 2.05) is 0 Å². The minimum atomic E-state index is -0.272. The summed E-state index contributed by atoms with van der Waals surface area (Å²) in [6.45, 7) is 55.3. The van der Waals surface area contributed by atoms with Gasteiger partial charge in [-0.1, -0.05) is 360 Å². The molecule has 18 aromatic carbocycles. The van der Waals surface area contributed by atoms with Crippen molar-refractivity contribution >= 4 is 133 Å². The topological polar surface area (TPSA) is 13.0 Å². The van der Waals surface area contributed by atoms with Crippen molar-refractivity contribution in [2.45, 2.75) is 222 Å². The van der Waals surface area contributed by atoms with Crippen LogP contribution >= 0.6 is 0 Å². The Hall–Kier alpha value is -13.3. The van der Waals surface area contributed by atoms with Gasteiger partial charge >= 0.3 is 0 Å². The van der Waals surface area contributed by atoms with Crippen LogP contribution in [0.4, 0.5) is 68.2 Å². The maximum Gasteiger partial charge on any atom is 0.0468 e. The van der Waals surface area contributed by atoms with Crippen molar-refractivity contribution in [3.05, 3.63) is 406 Å². The lowest BCUT2D eigenvalue weighted by molar-refractivity contribution is 0.590. The Morgan fingerprint density at radius 1 is 0.187 bits per heavy atom. The van der Waals surface area contributed by atoms with E-state index in [2.05, 4.69) is 525 Å². The third-order valence-electron chi connectivity index (χ3n) is 29.3. The minimum absolute atomic E-state index is 0.0656. The zero-order valence-corrected chi connectivity index (χ0v) is 83.4. The molecule has 0 amide bonds. The molecule has 0 radical (unpaired) electrons. The first kappa shape index (κ1) is 89.9. The highest BCUT2D eigenvalue weighted by molar-refractivity contribution is 6.22. The molecule has 672 valence electrons. The van der Waals surface area contributed by atoms with Gasteiger partial charge in [0.1, 0.15) is 0 Å². The first-order valence-electron chi connectivity index (χ1n) is 49.0. The summed E-state index contributed by atoms with van der Waals surface area (Å²) >= 11 is 0. The van der Waals surface area contributed by atoms with Crippen molar-refractivity contribution in [3.8, 4) is 22.3 Å². The summed E-state index contributed by atoms with van der Waals surface area (Å²) in [5.41, 5.74) is 35.4. The van der Waals surface area contributed by atoms with Gasteiger partial charge in [-0.2, -0.15) is 0 Å². The molecule has 0 N–H and O–H groups in total. The highest BCUT2D eigenvalue weighted by Crippen LogP contribution is 2.60. The van der Waals surface area contributed by atoms with Crippen LogP contribution in [0.1, 0.15) is 257 Å². The van der Waals surface area contributed by atoms with E-state index in [9.17, 15) is 0 Å². The highest BCUT2D eigenvalue weighted by atomic mass is 15.2. The van der Waals surface area contributed by atoms with Crippen LogP contribution in [-0.4, -0.2) is 0 Å². The fourth-order valence-electron chi connectivity index (χ4n) is 21.7. The van der Waals surface area contributed by atoms with E-state index in [1.54, 1.807) is 0 Å². The van der Waals surface area contributed by atoms with E-state index in [0.29, 0.717) is 23.7 Å². The molecule has 4 nitrogen and oxygen atoms in total. The molecule has 0 bridgehead atoms. The largest absolute Gasteiger partial charge is 0.310 e. The Kier molecular flexibility index (Phi) is 22.8. The van der Waals surface area contributed by atoms with Crippen molar-refractivity contribution in [2.75, 3.05) is 19.6 Å². The van der Waals surface area contributed by atoms with E-state index in [4.69, 9.17) is 0 Å². The Morgan fingerprint density at radius 2 is 0.396 bits per heavy atom. The lowest BCUT2D eigenvalue weighted by Gasteiger charge is -2.29. The van der Waals surface area contributed by atoms with Crippen LogP contribution in [-0.2, 0) is 32.5 Å². The lowest BCUT2D eigenvalue weighted by atomic mass is 9.77. The lowest BCUT2D eigenvalue weighted by Crippen LogP contribution is -2.17. The van der Waals surface area contributed by atoms with Crippen molar-refractivity contribution in [2.24, 2.45) is 0 Å². The van der Waals surface area contributed by atoms with E-state index in [0.717, 1.165) is 68.2 Å². The Balaban J connectivity index is 0.000000173. The van der Waals surface area contributed by atoms with Crippen LogP contribution in [0, 0.1) is 0 Å². The van der Waals surface area contributed by atoms with Gasteiger partial charge in [0.2, 0.25) is 0 Å². The third kappa shape index (κ3) is 16.2. The molecule has 2 aliphatic rings. The number of hydrogen-bond acceptors (Lipinski definition) is 4. The standard InChI is InChI=1S/C67H70N2.C63H62N2/c1-63(2,3)44-20-28-48(29-21-44)68(49-30-22-45(23-31-49)64(4,5)6)52-36-39-54-43(41-52)19-38-58-60-56-18-16-15-17-55(56)59-42-53(37-40-57(59)62(60)67(13,14)61(54)58)69(50-32-24-46(25-33-50)65(7,8)9)51-34-26-47(27-35-51)66(10,11)12;1-39(2)43-15-24-48(25-16-43)64(49-26-17-44(18-27-49)40(3)4)52-32-35-54-47(37-52)23-34-58-60-56-14-12-11-13-55(56)59-38-53(33-36-57(59)62(60)63(9,10)61(54)58)65(50-28-19-45(20-29-50)41(5)6)51-30-21-46(22-31-51)42(7)8/h15-42H,1-14H3;11-42H,1-10H3. The number of benzene rings is 18. The van der Waals surface area contributed by atoms with Crippen molar-refractivity contribution < 1.29 is 0 Å². The van der Waals surface area contributed by atoms with Crippen LogP contribution in [0.2, 0.25) is 0 Å². The zero-order chi connectivity index (χ0) is 94.3. The molecule has 0 unspecified atom stereocenters. The molecule has 2 aliphatic carbocycles. The Labute approximate surface area is 798 Å².